The van der Waals surface area contributed by atoms with Crippen molar-refractivity contribution in [1.82, 2.24) is 14.8 Å². The van der Waals surface area contributed by atoms with Gasteiger partial charge in [0.2, 0.25) is 0 Å². The summed E-state index contributed by atoms with van der Waals surface area (Å²) in [4.78, 5) is 15.6. The highest BCUT2D eigenvalue weighted by Gasteiger charge is 2.14. The van der Waals surface area contributed by atoms with Crippen LogP contribution in [0.15, 0.2) is 53.3 Å². The summed E-state index contributed by atoms with van der Waals surface area (Å²) in [7, 11) is 0. The van der Waals surface area contributed by atoms with Crippen molar-refractivity contribution in [3.63, 3.8) is 0 Å². The van der Waals surface area contributed by atoms with Crippen molar-refractivity contribution >= 4 is 44.8 Å². The van der Waals surface area contributed by atoms with Gasteiger partial charge < -0.3 is 0 Å². The van der Waals surface area contributed by atoms with Crippen molar-refractivity contribution in [3.05, 3.63) is 62.4 Å². The van der Waals surface area contributed by atoms with E-state index in [1.165, 1.54) is 0 Å². The Balaban J connectivity index is 2.13. The van der Waals surface area contributed by atoms with Gasteiger partial charge in [0.1, 0.15) is 5.69 Å². The predicted octanol–water partition coefficient (Wildman–Crippen LogP) is 4.11. The van der Waals surface area contributed by atoms with E-state index in [9.17, 15) is 4.79 Å². The molecule has 0 N–H and O–H groups in total. The van der Waals surface area contributed by atoms with E-state index < -0.39 is 0 Å². The van der Waals surface area contributed by atoms with Crippen molar-refractivity contribution in [1.29, 1.82) is 0 Å². The summed E-state index contributed by atoms with van der Waals surface area (Å²) in [6.07, 6.45) is 4.21. The lowest BCUT2D eigenvalue weighted by atomic mass is 10.1. The van der Waals surface area contributed by atoms with Gasteiger partial charge in [0.25, 0.3) is 0 Å². The summed E-state index contributed by atoms with van der Waals surface area (Å²) in [5.74, 6) is 0.665. The van der Waals surface area contributed by atoms with Gasteiger partial charge in [0, 0.05) is 26.0 Å². The molecule has 0 spiro atoms. The maximum Gasteiger partial charge on any atom is 0.153 e. The number of aldehydes is 1. The van der Waals surface area contributed by atoms with E-state index >= 15 is 0 Å². The minimum absolute atomic E-state index is 0.545. The Morgan fingerprint density at radius 3 is 2.67 bits per heavy atom. The average Bonchev–Trinajstić information content (AvgIpc) is 2.92. The van der Waals surface area contributed by atoms with Gasteiger partial charge in [-0.05, 0) is 56.7 Å². The Hall–Kier alpha value is -1.54. The molecule has 1 aromatic carbocycles. The molecular weight excluding hydrogens is 445 g/mol. The van der Waals surface area contributed by atoms with Crippen molar-refractivity contribution < 1.29 is 4.79 Å². The molecule has 2 aromatic heterocycles. The molecule has 3 rings (SSSR count). The van der Waals surface area contributed by atoms with Gasteiger partial charge in [-0.3, -0.25) is 4.79 Å². The zero-order chi connectivity index (χ0) is 14.8. The van der Waals surface area contributed by atoms with Crippen LogP contribution in [0.3, 0.4) is 0 Å². The number of aromatic nitrogens is 3. The number of carbonyl (C=O) groups excluding carboxylic acids is 1. The van der Waals surface area contributed by atoms with Crippen LogP contribution in [0.25, 0.3) is 17.1 Å². The number of nitrogens with zero attached hydrogens (tertiary/aromatic N) is 3. The number of hydrogen-bond acceptors (Lipinski definition) is 3. The molecule has 2 heterocycles. The summed E-state index contributed by atoms with van der Waals surface area (Å²) < 4.78 is 3.56. The standard InChI is InChI=1S/C15H9BrIN3O/c16-11-5-6-14(18-7-11)20-8-10(9-21)15(19-20)12-3-1-2-4-13(12)17/h1-9H. The summed E-state index contributed by atoms with van der Waals surface area (Å²) in [6.45, 7) is 0. The molecule has 0 amide bonds. The Morgan fingerprint density at radius 1 is 1.19 bits per heavy atom. The van der Waals surface area contributed by atoms with E-state index in [1.807, 2.05) is 36.4 Å². The largest absolute Gasteiger partial charge is 0.298 e. The number of halogens is 2. The number of rotatable bonds is 3. The second-order valence-electron chi connectivity index (χ2n) is 4.31. The molecule has 104 valence electrons. The fraction of sp³-hybridized carbons (Fsp3) is 0. The molecule has 3 aromatic rings. The van der Waals surface area contributed by atoms with Crippen molar-refractivity contribution in [2.24, 2.45) is 0 Å². The summed E-state index contributed by atoms with van der Waals surface area (Å²) in [5, 5.41) is 4.51. The minimum Gasteiger partial charge on any atom is -0.298 e. The summed E-state index contributed by atoms with van der Waals surface area (Å²) in [6, 6.07) is 11.6. The Morgan fingerprint density at radius 2 is 2.00 bits per heavy atom. The van der Waals surface area contributed by atoms with Crippen molar-refractivity contribution in [3.8, 4) is 17.1 Å². The average molecular weight is 454 g/mol. The van der Waals surface area contributed by atoms with Crippen LogP contribution >= 0.6 is 38.5 Å². The van der Waals surface area contributed by atoms with Crippen LogP contribution in [-0.4, -0.2) is 21.1 Å². The molecule has 0 saturated carbocycles. The fourth-order valence-corrected chi connectivity index (χ4v) is 2.83. The van der Waals surface area contributed by atoms with Crippen LogP contribution < -0.4 is 0 Å². The fourth-order valence-electron chi connectivity index (χ4n) is 1.96. The smallest absolute Gasteiger partial charge is 0.153 e. The zero-order valence-electron chi connectivity index (χ0n) is 10.7. The molecular formula is C15H9BrIN3O. The van der Waals surface area contributed by atoms with Crippen LogP contribution in [0, 0.1) is 3.57 Å². The molecule has 0 radical (unpaired) electrons. The first-order valence-corrected chi connectivity index (χ1v) is 7.98. The second kappa shape index (κ2) is 6.07. The highest BCUT2D eigenvalue weighted by Crippen LogP contribution is 2.26. The van der Waals surface area contributed by atoms with Crippen molar-refractivity contribution in [2.75, 3.05) is 0 Å². The van der Waals surface area contributed by atoms with Gasteiger partial charge >= 0.3 is 0 Å². The monoisotopic (exact) mass is 453 g/mol. The van der Waals surface area contributed by atoms with Gasteiger partial charge in [0.15, 0.2) is 12.1 Å². The number of pyridine rings is 1. The van der Waals surface area contributed by atoms with Crippen LogP contribution in [0.1, 0.15) is 10.4 Å². The molecule has 6 heteroatoms. The normalized spacial score (nSPS) is 10.6. The first-order valence-electron chi connectivity index (χ1n) is 6.10. The van der Waals surface area contributed by atoms with E-state index in [0.717, 1.165) is 19.9 Å². The molecule has 0 fully saturated rings. The maximum atomic E-state index is 11.3. The molecule has 0 saturated heterocycles. The molecule has 0 aliphatic heterocycles. The molecule has 0 unspecified atom stereocenters. The highest BCUT2D eigenvalue weighted by atomic mass is 127. The maximum absolute atomic E-state index is 11.3. The Bertz CT molecular complexity index is 799. The molecule has 0 aliphatic rings. The Kier molecular flexibility index (Phi) is 4.16. The van der Waals surface area contributed by atoms with Crippen molar-refractivity contribution in [2.45, 2.75) is 0 Å². The van der Waals surface area contributed by atoms with Crippen LogP contribution in [0.2, 0.25) is 0 Å². The topological polar surface area (TPSA) is 47.8 Å². The Labute approximate surface area is 143 Å². The lowest BCUT2D eigenvalue weighted by molar-refractivity contribution is 0.112. The molecule has 0 atom stereocenters. The second-order valence-corrected chi connectivity index (χ2v) is 6.39. The molecule has 21 heavy (non-hydrogen) atoms. The lowest BCUT2D eigenvalue weighted by Gasteiger charge is -2.02. The third-order valence-electron chi connectivity index (χ3n) is 2.94. The van der Waals surface area contributed by atoms with Gasteiger partial charge in [-0.1, -0.05) is 18.2 Å². The zero-order valence-corrected chi connectivity index (χ0v) is 14.4. The van der Waals surface area contributed by atoms with Gasteiger partial charge in [-0.25, -0.2) is 9.67 Å². The lowest BCUT2D eigenvalue weighted by Crippen LogP contribution is -1.97. The van der Waals surface area contributed by atoms with E-state index in [4.69, 9.17) is 0 Å². The summed E-state index contributed by atoms with van der Waals surface area (Å²) in [5.41, 5.74) is 2.15. The van der Waals surface area contributed by atoms with Gasteiger partial charge in [-0.15, -0.1) is 0 Å². The number of hydrogen-bond donors (Lipinski definition) is 0. The van der Waals surface area contributed by atoms with E-state index in [0.29, 0.717) is 17.1 Å². The summed E-state index contributed by atoms with van der Waals surface area (Å²) >= 11 is 5.59. The van der Waals surface area contributed by atoms with Crippen LogP contribution in [-0.2, 0) is 0 Å². The van der Waals surface area contributed by atoms with E-state index in [-0.39, 0.29) is 0 Å². The van der Waals surface area contributed by atoms with E-state index in [2.05, 4.69) is 48.6 Å². The van der Waals surface area contributed by atoms with E-state index in [1.54, 1.807) is 17.1 Å². The minimum atomic E-state index is 0.545. The highest BCUT2D eigenvalue weighted by molar-refractivity contribution is 14.1. The van der Waals surface area contributed by atoms with Gasteiger partial charge in [-0.2, -0.15) is 5.10 Å². The third kappa shape index (κ3) is 2.91. The quantitative estimate of drug-likeness (QED) is 0.442. The molecule has 0 bridgehead atoms. The number of benzene rings is 1. The third-order valence-corrected chi connectivity index (χ3v) is 4.35. The number of carbonyl (C=O) groups is 1. The molecule has 0 aliphatic carbocycles. The SMILES string of the molecule is O=Cc1cn(-c2ccc(Br)cn2)nc1-c1ccccc1I. The predicted molar refractivity (Wildman–Crippen MR) is 92.6 cm³/mol. The first-order chi connectivity index (χ1) is 10.2. The van der Waals surface area contributed by atoms with Gasteiger partial charge in [0.05, 0.1) is 5.56 Å². The van der Waals surface area contributed by atoms with Crippen LogP contribution in [0.4, 0.5) is 0 Å². The first kappa shape index (κ1) is 14.4. The molecule has 4 nitrogen and oxygen atoms in total. The van der Waals surface area contributed by atoms with Crippen LogP contribution in [0.5, 0.6) is 0 Å².